The Hall–Kier alpha value is -3.71. The Morgan fingerprint density at radius 2 is 1.19 bits per heavy atom. The minimum Gasteiger partial charge on any atom is -0.497 e. The van der Waals surface area contributed by atoms with E-state index in [0.717, 1.165) is 5.75 Å². The highest BCUT2D eigenvalue weighted by Gasteiger charge is 2.13. The van der Waals surface area contributed by atoms with E-state index < -0.39 is 17.3 Å². The first-order chi connectivity index (χ1) is 14.9. The van der Waals surface area contributed by atoms with Gasteiger partial charge < -0.3 is 14.2 Å². The van der Waals surface area contributed by atoms with Crippen LogP contribution < -0.4 is 14.2 Å². The summed E-state index contributed by atoms with van der Waals surface area (Å²) in [5, 5.41) is 7.54. The molecular formula is C23H19ClN2O5. The van der Waals surface area contributed by atoms with E-state index in [1.165, 1.54) is 31.2 Å². The Morgan fingerprint density at radius 3 is 1.68 bits per heavy atom. The van der Waals surface area contributed by atoms with Gasteiger partial charge in [0.15, 0.2) is 0 Å². The van der Waals surface area contributed by atoms with Gasteiger partial charge in [-0.25, -0.2) is 4.79 Å². The Balaban J connectivity index is 1.58. The zero-order chi connectivity index (χ0) is 22.2. The summed E-state index contributed by atoms with van der Waals surface area (Å²) in [5.74, 6) is 0.281. The summed E-state index contributed by atoms with van der Waals surface area (Å²) in [5.41, 5.74) is 1.60. The first-order valence-electron chi connectivity index (χ1n) is 9.28. The molecule has 0 aliphatic heterocycles. The second kappa shape index (κ2) is 10.4. The van der Waals surface area contributed by atoms with Gasteiger partial charge >= 0.3 is 11.9 Å². The van der Waals surface area contributed by atoms with Crippen LogP contribution in [0.2, 0.25) is 0 Å². The summed E-state index contributed by atoms with van der Waals surface area (Å²) < 4.78 is 15.5. The molecule has 0 saturated heterocycles. The van der Waals surface area contributed by atoms with E-state index in [1.54, 1.807) is 55.6 Å². The SMILES string of the molecule is COc1ccc(N=Nc2ccc(OC(=O)c3ccc(OC(=O)[C@H](C)Cl)cc3)cc2)cc1. The number of nitrogens with zero attached hydrogens (tertiary/aromatic N) is 2. The molecule has 0 N–H and O–H groups in total. The summed E-state index contributed by atoms with van der Waals surface area (Å²) in [6.45, 7) is 1.52. The number of ether oxygens (including phenoxy) is 3. The summed E-state index contributed by atoms with van der Waals surface area (Å²) in [4.78, 5) is 23.8. The van der Waals surface area contributed by atoms with Crippen molar-refractivity contribution in [3.63, 3.8) is 0 Å². The predicted octanol–water partition coefficient (Wildman–Crippen LogP) is 5.86. The molecule has 7 nitrogen and oxygen atoms in total. The normalized spacial score (nSPS) is 11.7. The number of halogens is 1. The van der Waals surface area contributed by atoms with Crippen LogP contribution in [-0.2, 0) is 4.79 Å². The molecule has 8 heteroatoms. The highest BCUT2D eigenvalue weighted by atomic mass is 35.5. The van der Waals surface area contributed by atoms with Crippen LogP contribution in [-0.4, -0.2) is 24.4 Å². The number of hydrogen-bond donors (Lipinski definition) is 0. The fourth-order valence-corrected chi connectivity index (χ4v) is 2.41. The Labute approximate surface area is 184 Å². The van der Waals surface area contributed by atoms with Crippen molar-refractivity contribution >= 4 is 34.9 Å². The molecule has 0 unspecified atom stereocenters. The van der Waals surface area contributed by atoms with Crippen molar-refractivity contribution in [3.8, 4) is 17.2 Å². The standard InChI is InChI=1S/C23H19ClN2O5/c1-15(24)22(27)30-20-9-3-16(4-10-20)23(28)31-21-13-7-18(8-14-21)26-25-17-5-11-19(29-2)12-6-17/h3-15H,1-2H3/t15-/m0/s1. The molecule has 3 aromatic carbocycles. The summed E-state index contributed by atoms with van der Waals surface area (Å²) >= 11 is 5.66. The van der Waals surface area contributed by atoms with E-state index in [-0.39, 0.29) is 0 Å². The van der Waals surface area contributed by atoms with Gasteiger partial charge in [-0.1, -0.05) is 0 Å². The molecule has 0 aromatic heterocycles. The van der Waals surface area contributed by atoms with Gasteiger partial charge in [-0.2, -0.15) is 10.2 Å². The van der Waals surface area contributed by atoms with E-state index in [2.05, 4.69) is 10.2 Å². The molecule has 0 radical (unpaired) electrons. The molecule has 0 amide bonds. The predicted molar refractivity (Wildman–Crippen MR) is 116 cm³/mol. The van der Waals surface area contributed by atoms with Gasteiger partial charge in [0, 0.05) is 0 Å². The van der Waals surface area contributed by atoms with E-state index >= 15 is 0 Å². The lowest BCUT2D eigenvalue weighted by atomic mass is 10.2. The molecule has 0 fully saturated rings. The van der Waals surface area contributed by atoms with Crippen molar-refractivity contribution in [1.82, 2.24) is 0 Å². The Morgan fingerprint density at radius 1 is 0.742 bits per heavy atom. The minimum absolute atomic E-state index is 0.292. The Bertz CT molecular complexity index is 1060. The first-order valence-corrected chi connectivity index (χ1v) is 9.72. The van der Waals surface area contributed by atoms with E-state index in [4.69, 9.17) is 25.8 Å². The third-order valence-corrected chi connectivity index (χ3v) is 4.21. The van der Waals surface area contributed by atoms with Gasteiger partial charge in [-0.15, -0.1) is 11.6 Å². The number of esters is 2. The van der Waals surface area contributed by atoms with Crippen LogP contribution in [0.1, 0.15) is 17.3 Å². The third-order valence-electron chi connectivity index (χ3n) is 4.03. The number of methoxy groups -OCH3 is 1. The van der Waals surface area contributed by atoms with Crippen molar-refractivity contribution in [2.75, 3.05) is 7.11 Å². The third kappa shape index (κ3) is 6.38. The number of alkyl halides is 1. The number of benzene rings is 3. The van der Waals surface area contributed by atoms with Crippen LogP contribution in [0.25, 0.3) is 0 Å². The largest absolute Gasteiger partial charge is 0.497 e. The van der Waals surface area contributed by atoms with Gasteiger partial charge in [0.1, 0.15) is 22.6 Å². The molecule has 0 heterocycles. The maximum Gasteiger partial charge on any atom is 0.343 e. The Kier molecular flexibility index (Phi) is 7.35. The van der Waals surface area contributed by atoms with Crippen LogP contribution in [0.15, 0.2) is 83.0 Å². The molecule has 3 aromatic rings. The molecule has 31 heavy (non-hydrogen) atoms. The molecule has 0 spiro atoms. The average Bonchev–Trinajstić information content (AvgIpc) is 2.79. The number of rotatable bonds is 7. The molecule has 0 aliphatic rings. The lowest BCUT2D eigenvalue weighted by Gasteiger charge is -2.07. The summed E-state index contributed by atoms with van der Waals surface area (Å²) in [6, 6.07) is 19.8. The van der Waals surface area contributed by atoms with Crippen molar-refractivity contribution in [2.45, 2.75) is 12.3 Å². The van der Waals surface area contributed by atoms with Crippen LogP contribution in [0.5, 0.6) is 17.2 Å². The zero-order valence-corrected chi connectivity index (χ0v) is 17.6. The highest BCUT2D eigenvalue weighted by molar-refractivity contribution is 6.29. The van der Waals surface area contributed by atoms with Crippen LogP contribution >= 0.6 is 11.6 Å². The van der Waals surface area contributed by atoms with Gasteiger partial charge in [0.2, 0.25) is 0 Å². The number of carbonyl (C=O) groups is 2. The molecule has 0 saturated carbocycles. The van der Waals surface area contributed by atoms with Crippen LogP contribution in [0.3, 0.4) is 0 Å². The van der Waals surface area contributed by atoms with E-state index in [9.17, 15) is 9.59 Å². The van der Waals surface area contributed by atoms with Crippen LogP contribution in [0, 0.1) is 0 Å². The summed E-state index contributed by atoms with van der Waals surface area (Å²) in [7, 11) is 1.60. The quantitative estimate of drug-likeness (QED) is 0.199. The zero-order valence-electron chi connectivity index (χ0n) is 16.8. The van der Waals surface area contributed by atoms with Gasteiger partial charge in [-0.05, 0) is 79.7 Å². The monoisotopic (exact) mass is 438 g/mol. The molecule has 1 atom stereocenters. The summed E-state index contributed by atoms with van der Waals surface area (Å²) in [6.07, 6.45) is 0. The van der Waals surface area contributed by atoms with E-state index in [0.29, 0.717) is 28.4 Å². The minimum atomic E-state index is -0.761. The van der Waals surface area contributed by atoms with E-state index in [1.807, 2.05) is 0 Å². The maximum atomic E-state index is 12.3. The topological polar surface area (TPSA) is 86.6 Å². The molecule has 3 rings (SSSR count). The van der Waals surface area contributed by atoms with Gasteiger partial charge in [0.05, 0.1) is 24.0 Å². The molecule has 0 aliphatic carbocycles. The second-order valence-electron chi connectivity index (χ2n) is 6.34. The van der Waals surface area contributed by atoms with Gasteiger partial charge in [-0.3, -0.25) is 4.79 Å². The van der Waals surface area contributed by atoms with Crippen molar-refractivity contribution in [1.29, 1.82) is 0 Å². The molecule has 158 valence electrons. The highest BCUT2D eigenvalue weighted by Crippen LogP contribution is 2.23. The van der Waals surface area contributed by atoms with Crippen molar-refractivity contribution in [3.05, 3.63) is 78.4 Å². The second-order valence-corrected chi connectivity index (χ2v) is 7.00. The van der Waals surface area contributed by atoms with Crippen molar-refractivity contribution < 1.29 is 23.8 Å². The number of carbonyl (C=O) groups excluding carboxylic acids is 2. The average molecular weight is 439 g/mol. The molecule has 0 bridgehead atoms. The fraction of sp³-hybridized carbons (Fsp3) is 0.130. The maximum absolute atomic E-state index is 12.3. The lowest BCUT2D eigenvalue weighted by Crippen LogP contribution is -2.17. The lowest BCUT2D eigenvalue weighted by molar-refractivity contribution is -0.133. The first kappa shape index (κ1) is 22.0. The van der Waals surface area contributed by atoms with Gasteiger partial charge in [0.25, 0.3) is 0 Å². The number of azo groups is 1. The smallest absolute Gasteiger partial charge is 0.343 e. The van der Waals surface area contributed by atoms with Crippen molar-refractivity contribution in [2.24, 2.45) is 10.2 Å². The fourth-order valence-electron chi connectivity index (χ4n) is 2.37. The molecular weight excluding hydrogens is 420 g/mol. The van der Waals surface area contributed by atoms with Crippen LogP contribution in [0.4, 0.5) is 11.4 Å². The number of hydrogen-bond acceptors (Lipinski definition) is 7.